The molecule has 0 radical (unpaired) electrons. The van der Waals surface area contributed by atoms with Crippen LogP contribution in [0.25, 0.3) is 0 Å². The van der Waals surface area contributed by atoms with Gasteiger partial charge in [-0.05, 0) is 55.2 Å². The summed E-state index contributed by atoms with van der Waals surface area (Å²) in [6.45, 7) is 0.332. The highest BCUT2D eigenvalue weighted by atomic mass is 32.2. The van der Waals surface area contributed by atoms with E-state index in [-0.39, 0.29) is 23.2 Å². The molecule has 1 saturated carbocycles. The molecule has 0 bridgehead atoms. The van der Waals surface area contributed by atoms with Gasteiger partial charge in [-0.15, -0.1) is 0 Å². The van der Waals surface area contributed by atoms with Gasteiger partial charge in [-0.1, -0.05) is 6.07 Å². The number of hydrogen-bond donors (Lipinski definition) is 3. The lowest BCUT2D eigenvalue weighted by Crippen LogP contribution is -2.41. The second-order valence-corrected chi connectivity index (χ2v) is 8.10. The van der Waals surface area contributed by atoms with Crippen LogP contribution in [0.15, 0.2) is 47.4 Å². The lowest BCUT2D eigenvalue weighted by atomic mass is 10.1. The van der Waals surface area contributed by atoms with Crippen LogP contribution in [0.2, 0.25) is 0 Å². The van der Waals surface area contributed by atoms with Gasteiger partial charge in [-0.25, -0.2) is 17.2 Å². The summed E-state index contributed by atoms with van der Waals surface area (Å²) in [5.41, 5.74) is 6.07. The molecule has 0 saturated heterocycles. The molecule has 2 aromatic carbocycles. The van der Waals surface area contributed by atoms with Crippen LogP contribution >= 0.6 is 0 Å². The molecule has 6 nitrogen and oxygen atoms in total. The molecule has 3 rings (SSSR count). The van der Waals surface area contributed by atoms with Crippen LogP contribution in [0.4, 0.5) is 14.5 Å². The number of carbonyl (C=O) groups is 1. The minimum atomic E-state index is -4.13. The van der Waals surface area contributed by atoms with E-state index in [1.54, 1.807) is 6.07 Å². The lowest BCUT2D eigenvalue weighted by Gasteiger charge is -2.16. The number of nitrogens with one attached hydrogen (secondary N) is 2. The maximum atomic E-state index is 13.3. The quantitative estimate of drug-likeness (QED) is 0.669. The van der Waals surface area contributed by atoms with Gasteiger partial charge < -0.3 is 11.1 Å². The largest absolute Gasteiger partial charge is 0.348 e. The van der Waals surface area contributed by atoms with Crippen molar-refractivity contribution in [1.82, 2.24) is 5.32 Å². The van der Waals surface area contributed by atoms with Crippen LogP contribution in [0.5, 0.6) is 0 Å². The molecule has 0 aromatic heterocycles. The molecule has 144 valence electrons. The van der Waals surface area contributed by atoms with Crippen molar-refractivity contribution in [3.05, 3.63) is 59.7 Å². The van der Waals surface area contributed by atoms with E-state index in [2.05, 4.69) is 10.0 Å². The molecular weight excluding hydrogens is 376 g/mol. The topological polar surface area (TPSA) is 101 Å². The smallest absolute Gasteiger partial charge is 0.261 e. The average Bonchev–Trinajstić information content (AvgIpc) is 3.46. The van der Waals surface area contributed by atoms with Crippen LogP contribution in [0.3, 0.4) is 0 Å². The van der Waals surface area contributed by atoms with Crippen LogP contribution in [0.1, 0.15) is 23.2 Å². The first kappa shape index (κ1) is 19.2. The van der Waals surface area contributed by atoms with Crippen molar-refractivity contribution in [3.63, 3.8) is 0 Å². The summed E-state index contributed by atoms with van der Waals surface area (Å²) in [5, 5.41) is 2.85. The second kappa shape index (κ2) is 7.61. The Morgan fingerprint density at radius 1 is 1.15 bits per heavy atom. The number of benzene rings is 2. The molecule has 1 amide bonds. The Morgan fingerprint density at radius 3 is 2.52 bits per heavy atom. The minimum absolute atomic E-state index is 0.111. The average molecular weight is 395 g/mol. The molecule has 4 N–H and O–H groups in total. The lowest BCUT2D eigenvalue weighted by molar-refractivity contribution is 0.0933. The van der Waals surface area contributed by atoms with Gasteiger partial charge in [0.15, 0.2) is 11.6 Å². The molecule has 1 atom stereocenters. The van der Waals surface area contributed by atoms with E-state index in [9.17, 15) is 22.0 Å². The zero-order valence-electron chi connectivity index (χ0n) is 14.3. The van der Waals surface area contributed by atoms with Crippen LogP contribution in [-0.2, 0) is 10.0 Å². The van der Waals surface area contributed by atoms with Gasteiger partial charge >= 0.3 is 0 Å². The number of halogens is 2. The summed E-state index contributed by atoms with van der Waals surface area (Å²) < 4.78 is 53.3. The van der Waals surface area contributed by atoms with Crippen molar-refractivity contribution in [2.75, 3.05) is 11.3 Å². The Bertz CT molecular complexity index is 962. The first-order valence-corrected chi connectivity index (χ1v) is 9.87. The normalized spacial score (nSPS) is 15.2. The third-order valence-electron chi connectivity index (χ3n) is 4.34. The Balaban J connectivity index is 1.76. The minimum Gasteiger partial charge on any atom is -0.348 e. The van der Waals surface area contributed by atoms with Crippen molar-refractivity contribution in [2.45, 2.75) is 23.8 Å². The Morgan fingerprint density at radius 2 is 1.89 bits per heavy atom. The van der Waals surface area contributed by atoms with Gasteiger partial charge in [0, 0.05) is 23.8 Å². The third-order valence-corrected chi connectivity index (χ3v) is 5.72. The number of amides is 1. The number of nitrogens with two attached hydrogens (primary N) is 1. The number of hydrogen-bond acceptors (Lipinski definition) is 4. The van der Waals surface area contributed by atoms with E-state index < -0.39 is 26.6 Å². The third kappa shape index (κ3) is 4.61. The fourth-order valence-electron chi connectivity index (χ4n) is 2.70. The van der Waals surface area contributed by atoms with E-state index in [1.165, 1.54) is 18.2 Å². The molecule has 1 aliphatic rings. The molecular formula is C18H19F2N3O3S. The summed E-state index contributed by atoms with van der Waals surface area (Å²) in [6.07, 6.45) is 2.05. The summed E-state index contributed by atoms with van der Waals surface area (Å²) in [4.78, 5) is 12.0. The van der Waals surface area contributed by atoms with Crippen molar-refractivity contribution in [2.24, 2.45) is 11.7 Å². The fourth-order valence-corrected chi connectivity index (χ4v) is 3.76. The Kier molecular flexibility index (Phi) is 5.43. The standard InChI is InChI=1S/C18H19F2N3O3S/c19-15-7-6-14(9-16(15)20)27(25,26)23-13-3-1-2-12(8-13)18(24)22-17(10-21)11-4-5-11/h1-3,6-9,11,17,23H,4-5,10,21H2,(H,22,24). The van der Waals surface area contributed by atoms with Gasteiger partial charge in [0.25, 0.3) is 15.9 Å². The SMILES string of the molecule is NCC(NC(=O)c1cccc(NS(=O)(=O)c2ccc(F)c(F)c2)c1)C1CC1. The predicted molar refractivity (Wildman–Crippen MR) is 96.6 cm³/mol. The fraction of sp³-hybridized carbons (Fsp3) is 0.278. The van der Waals surface area contributed by atoms with Gasteiger partial charge in [0.05, 0.1) is 4.90 Å². The molecule has 1 fully saturated rings. The molecule has 27 heavy (non-hydrogen) atoms. The Labute approximate surface area is 155 Å². The highest BCUT2D eigenvalue weighted by Crippen LogP contribution is 2.32. The van der Waals surface area contributed by atoms with Crippen LogP contribution in [0, 0.1) is 17.6 Å². The first-order valence-electron chi connectivity index (χ1n) is 8.39. The van der Waals surface area contributed by atoms with Crippen LogP contribution < -0.4 is 15.8 Å². The molecule has 2 aromatic rings. The molecule has 9 heteroatoms. The van der Waals surface area contributed by atoms with Crippen molar-refractivity contribution in [1.29, 1.82) is 0 Å². The number of rotatable bonds is 7. The summed E-state index contributed by atoms with van der Waals surface area (Å²) >= 11 is 0. The molecule has 1 aliphatic carbocycles. The van der Waals surface area contributed by atoms with Crippen molar-refractivity contribution >= 4 is 21.6 Å². The van der Waals surface area contributed by atoms with Crippen LogP contribution in [-0.4, -0.2) is 26.9 Å². The molecule has 0 spiro atoms. The van der Waals surface area contributed by atoms with E-state index in [0.29, 0.717) is 18.5 Å². The molecule has 0 aliphatic heterocycles. The first-order chi connectivity index (χ1) is 12.8. The monoisotopic (exact) mass is 395 g/mol. The second-order valence-electron chi connectivity index (χ2n) is 6.42. The predicted octanol–water partition coefficient (Wildman–Crippen LogP) is 2.23. The van der Waals surface area contributed by atoms with Gasteiger partial charge in [-0.2, -0.15) is 0 Å². The van der Waals surface area contributed by atoms with Crippen molar-refractivity contribution in [3.8, 4) is 0 Å². The maximum absolute atomic E-state index is 13.3. The summed E-state index contributed by atoms with van der Waals surface area (Å²) in [6, 6.07) is 8.06. The van der Waals surface area contributed by atoms with Gasteiger partial charge in [0.2, 0.25) is 0 Å². The van der Waals surface area contributed by atoms with E-state index in [1.807, 2.05) is 0 Å². The highest BCUT2D eigenvalue weighted by molar-refractivity contribution is 7.92. The van der Waals surface area contributed by atoms with E-state index in [4.69, 9.17) is 5.73 Å². The summed E-state index contributed by atoms with van der Waals surface area (Å²) in [7, 11) is -4.13. The zero-order valence-corrected chi connectivity index (χ0v) is 15.1. The van der Waals surface area contributed by atoms with E-state index >= 15 is 0 Å². The number of anilines is 1. The number of carbonyl (C=O) groups excluding carboxylic acids is 1. The number of sulfonamides is 1. The van der Waals surface area contributed by atoms with Crippen molar-refractivity contribution < 1.29 is 22.0 Å². The van der Waals surface area contributed by atoms with Gasteiger partial charge in [0.1, 0.15) is 0 Å². The highest BCUT2D eigenvalue weighted by Gasteiger charge is 2.31. The Hall–Kier alpha value is -2.52. The molecule has 1 unspecified atom stereocenters. The molecule has 0 heterocycles. The zero-order chi connectivity index (χ0) is 19.6. The summed E-state index contributed by atoms with van der Waals surface area (Å²) in [5.74, 6) is -2.38. The van der Waals surface area contributed by atoms with E-state index in [0.717, 1.165) is 25.0 Å². The van der Waals surface area contributed by atoms with Gasteiger partial charge in [-0.3, -0.25) is 9.52 Å². The maximum Gasteiger partial charge on any atom is 0.261 e.